The Morgan fingerprint density at radius 2 is 2.11 bits per heavy atom. The summed E-state index contributed by atoms with van der Waals surface area (Å²) in [4.78, 5) is 30.6. The monoisotopic (exact) mass is 460 g/mol. The van der Waals surface area contributed by atoms with Gasteiger partial charge >= 0.3 is 5.97 Å². The van der Waals surface area contributed by atoms with E-state index in [2.05, 4.69) is 20.9 Å². The number of ether oxygens (including phenoxy) is 1. The third-order valence-corrected chi connectivity index (χ3v) is 5.50. The molecule has 1 aliphatic heterocycles. The van der Waals surface area contributed by atoms with Crippen molar-refractivity contribution < 1.29 is 19.4 Å². The summed E-state index contributed by atoms with van der Waals surface area (Å²) in [7, 11) is 1.58. The molecule has 0 atom stereocenters. The minimum absolute atomic E-state index is 0.147. The number of nitrogens with zero attached hydrogens (tertiary/aromatic N) is 2. The Morgan fingerprint density at radius 1 is 1.32 bits per heavy atom. The number of aliphatic imine (C=N–C) groups is 1. The van der Waals surface area contributed by atoms with Crippen LogP contribution in [0.2, 0.25) is 0 Å². The Hall–Kier alpha value is -2.58. The number of hydrogen-bond acceptors (Lipinski definition) is 5. The molecule has 28 heavy (non-hydrogen) atoms. The maximum atomic E-state index is 12.8. The lowest BCUT2D eigenvalue weighted by molar-refractivity contribution is -0.122. The average Bonchev–Trinajstić information content (AvgIpc) is 2.96. The molecule has 3 rings (SSSR count). The maximum absolute atomic E-state index is 12.8. The van der Waals surface area contributed by atoms with Gasteiger partial charge in [0.25, 0.3) is 5.91 Å². The lowest BCUT2D eigenvalue weighted by Crippen LogP contribution is -2.28. The number of amidine groups is 1. The van der Waals surface area contributed by atoms with Gasteiger partial charge in [-0.15, -0.1) is 0 Å². The van der Waals surface area contributed by atoms with Crippen LogP contribution in [0.1, 0.15) is 22.8 Å². The molecular formula is C20H17BrN2O4S. The predicted molar refractivity (Wildman–Crippen MR) is 114 cm³/mol. The lowest BCUT2D eigenvalue weighted by Gasteiger charge is -2.12. The number of thioether (sulfide) groups is 1. The zero-order valence-electron chi connectivity index (χ0n) is 15.2. The fraction of sp³-hybridized carbons (Fsp3) is 0.150. The van der Waals surface area contributed by atoms with Crippen molar-refractivity contribution in [3.05, 3.63) is 63.0 Å². The Balaban J connectivity index is 1.98. The van der Waals surface area contributed by atoms with E-state index < -0.39 is 5.97 Å². The second-order valence-corrected chi connectivity index (χ2v) is 7.72. The highest BCUT2D eigenvalue weighted by Gasteiger charge is 2.32. The number of hydrogen-bond donors (Lipinski definition) is 1. The zero-order valence-corrected chi connectivity index (χ0v) is 17.6. The molecule has 0 spiro atoms. The first-order chi connectivity index (χ1) is 13.4. The van der Waals surface area contributed by atoms with Crippen LogP contribution in [0, 0.1) is 0 Å². The van der Waals surface area contributed by atoms with Crippen molar-refractivity contribution in [3.63, 3.8) is 0 Å². The van der Waals surface area contributed by atoms with E-state index in [1.54, 1.807) is 30.2 Å². The fourth-order valence-corrected chi connectivity index (χ4v) is 4.08. The molecule has 1 N–H and O–H groups in total. The summed E-state index contributed by atoms with van der Waals surface area (Å²) in [6.07, 6.45) is 1.77. The SMILES string of the molecule is CCN1C(=O)/C(=C/c2cc(Br)ccc2OC)SC1=Nc1cccc(C(=O)O)c1. The average molecular weight is 461 g/mol. The minimum atomic E-state index is -1.02. The van der Waals surface area contributed by atoms with Gasteiger partial charge in [-0.3, -0.25) is 9.69 Å². The van der Waals surface area contributed by atoms with Crippen molar-refractivity contribution in [2.75, 3.05) is 13.7 Å². The molecule has 1 heterocycles. The maximum Gasteiger partial charge on any atom is 0.335 e. The molecule has 1 saturated heterocycles. The largest absolute Gasteiger partial charge is 0.496 e. The summed E-state index contributed by atoms with van der Waals surface area (Å²) in [5.41, 5.74) is 1.40. The van der Waals surface area contributed by atoms with Gasteiger partial charge in [0.1, 0.15) is 5.75 Å². The van der Waals surface area contributed by atoms with Crippen LogP contribution in [0.3, 0.4) is 0 Å². The highest BCUT2D eigenvalue weighted by atomic mass is 79.9. The lowest BCUT2D eigenvalue weighted by atomic mass is 10.2. The summed E-state index contributed by atoms with van der Waals surface area (Å²) in [5.74, 6) is -0.513. The molecule has 2 aromatic rings. The van der Waals surface area contributed by atoms with Crippen molar-refractivity contribution in [2.24, 2.45) is 4.99 Å². The van der Waals surface area contributed by atoms with Gasteiger partial charge in [0.05, 0.1) is 23.3 Å². The van der Waals surface area contributed by atoms with Crippen LogP contribution in [-0.2, 0) is 4.79 Å². The fourth-order valence-electron chi connectivity index (χ4n) is 2.65. The van der Waals surface area contributed by atoms with E-state index in [0.29, 0.717) is 28.1 Å². The van der Waals surface area contributed by atoms with E-state index in [1.165, 1.54) is 23.9 Å². The molecular weight excluding hydrogens is 444 g/mol. The molecule has 0 saturated carbocycles. The number of carboxylic acid groups (broad SMARTS) is 1. The molecule has 0 unspecified atom stereocenters. The molecule has 6 nitrogen and oxygen atoms in total. The van der Waals surface area contributed by atoms with Crippen LogP contribution in [-0.4, -0.2) is 40.7 Å². The first-order valence-corrected chi connectivity index (χ1v) is 10.0. The Morgan fingerprint density at radius 3 is 2.79 bits per heavy atom. The molecule has 1 aliphatic rings. The highest BCUT2D eigenvalue weighted by Crippen LogP contribution is 2.36. The molecule has 1 fully saturated rings. The highest BCUT2D eigenvalue weighted by molar-refractivity contribution is 9.10. The third kappa shape index (κ3) is 4.28. The number of methoxy groups -OCH3 is 1. The van der Waals surface area contributed by atoms with Gasteiger partial charge in [-0.2, -0.15) is 0 Å². The number of likely N-dealkylation sites (N-methyl/N-ethyl adjacent to an activating group) is 1. The summed E-state index contributed by atoms with van der Waals surface area (Å²) < 4.78 is 6.25. The molecule has 0 aromatic heterocycles. The van der Waals surface area contributed by atoms with Crippen LogP contribution in [0.15, 0.2) is 56.8 Å². The van der Waals surface area contributed by atoms with Crippen LogP contribution in [0.25, 0.3) is 6.08 Å². The summed E-state index contributed by atoms with van der Waals surface area (Å²) >= 11 is 4.68. The van der Waals surface area contributed by atoms with Crippen LogP contribution >= 0.6 is 27.7 Å². The molecule has 2 aromatic carbocycles. The van der Waals surface area contributed by atoms with Gasteiger partial charge < -0.3 is 9.84 Å². The second kappa shape index (κ2) is 8.62. The molecule has 0 aliphatic carbocycles. The number of carbonyl (C=O) groups is 2. The van der Waals surface area contributed by atoms with E-state index in [0.717, 1.165) is 10.0 Å². The predicted octanol–water partition coefficient (Wildman–Crippen LogP) is 4.78. The second-order valence-electron chi connectivity index (χ2n) is 5.80. The standard InChI is InChI=1S/C20H17BrN2O4S/c1-3-23-18(24)17(11-13-9-14(21)7-8-16(13)27-2)28-20(23)22-15-6-4-5-12(10-15)19(25)26/h4-11H,3H2,1-2H3,(H,25,26)/b17-11-,22-20?. The van der Waals surface area contributed by atoms with E-state index in [9.17, 15) is 9.59 Å². The Kier molecular flexibility index (Phi) is 6.21. The summed E-state index contributed by atoms with van der Waals surface area (Å²) in [5, 5.41) is 9.65. The van der Waals surface area contributed by atoms with Crippen molar-refractivity contribution in [3.8, 4) is 5.75 Å². The molecule has 8 heteroatoms. The number of halogens is 1. The van der Waals surface area contributed by atoms with Crippen LogP contribution in [0.5, 0.6) is 5.75 Å². The minimum Gasteiger partial charge on any atom is -0.496 e. The first kappa shape index (κ1) is 20.2. The van der Waals surface area contributed by atoms with Gasteiger partial charge in [-0.1, -0.05) is 22.0 Å². The van der Waals surface area contributed by atoms with E-state index in [1.807, 2.05) is 25.1 Å². The van der Waals surface area contributed by atoms with E-state index in [4.69, 9.17) is 9.84 Å². The van der Waals surface area contributed by atoms with Gasteiger partial charge in [0, 0.05) is 16.6 Å². The summed E-state index contributed by atoms with van der Waals surface area (Å²) in [6, 6.07) is 11.9. The zero-order chi connectivity index (χ0) is 20.3. The van der Waals surface area contributed by atoms with Crippen molar-refractivity contribution in [2.45, 2.75) is 6.92 Å². The van der Waals surface area contributed by atoms with Gasteiger partial charge in [0.2, 0.25) is 0 Å². The first-order valence-electron chi connectivity index (χ1n) is 8.40. The normalized spacial score (nSPS) is 16.8. The van der Waals surface area contributed by atoms with Crippen molar-refractivity contribution in [1.82, 2.24) is 4.90 Å². The number of aromatic carboxylic acids is 1. The molecule has 144 valence electrons. The topological polar surface area (TPSA) is 79.2 Å². The van der Waals surface area contributed by atoms with Crippen molar-refractivity contribution >= 4 is 56.5 Å². The van der Waals surface area contributed by atoms with Gasteiger partial charge in [0.15, 0.2) is 5.17 Å². The number of amides is 1. The smallest absolute Gasteiger partial charge is 0.335 e. The van der Waals surface area contributed by atoms with Crippen molar-refractivity contribution in [1.29, 1.82) is 0 Å². The molecule has 1 amide bonds. The van der Waals surface area contributed by atoms with E-state index in [-0.39, 0.29) is 11.5 Å². The number of rotatable bonds is 5. The Bertz CT molecular complexity index is 1000. The number of benzene rings is 2. The molecule has 0 bridgehead atoms. The number of carbonyl (C=O) groups excluding carboxylic acids is 1. The van der Waals surface area contributed by atoms with Crippen LogP contribution in [0.4, 0.5) is 5.69 Å². The Labute approximate surface area is 175 Å². The number of carboxylic acids is 1. The third-order valence-electron chi connectivity index (χ3n) is 4.00. The van der Waals surface area contributed by atoms with Gasteiger partial charge in [-0.25, -0.2) is 9.79 Å². The van der Waals surface area contributed by atoms with E-state index >= 15 is 0 Å². The quantitative estimate of drug-likeness (QED) is 0.649. The molecule has 0 radical (unpaired) electrons. The summed E-state index contributed by atoms with van der Waals surface area (Å²) in [6.45, 7) is 2.32. The van der Waals surface area contributed by atoms with Gasteiger partial charge in [-0.05, 0) is 61.2 Å². The van der Waals surface area contributed by atoms with Crippen LogP contribution < -0.4 is 4.74 Å².